The zero-order chi connectivity index (χ0) is 12.5. The lowest BCUT2D eigenvalue weighted by atomic mass is 9.71. The van der Waals surface area contributed by atoms with Crippen molar-refractivity contribution in [3.8, 4) is 0 Å². The fraction of sp³-hybridized carbons (Fsp3) is 0.933. The van der Waals surface area contributed by atoms with Crippen LogP contribution in [0, 0.1) is 11.3 Å². The number of rotatable bonds is 2. The van der Waals surface area contributed by atoms with Crippen molar-refractivity contribution >= 4 is 5.78 Å². The number of ketones is 1. The lowest BCUT2D eigenvalue weighted by molar-refractivity contribution is -0.135. The van der Waals surface area contributed by atoms with Crippen molar-refractivity contribution in [3.05, 3.63) is 0 Å². The molecule has 0 spiro atoms. The summed E-state index contributed by atoms with van der Waals surface area (Å²) in [5.74, 6) is 0.820. The lowest BCUT2D eigenvalue weighted by Crippen LogP contribution is -2.46. The zero-order valence-electron chi connectivity index (χ0n) is 11.7. The maximum Gasteiger partial charge on any atom is 0.142 e. The van der Waals surface area contributed by atoms with Crippen LogP contribution in [0.15, 0.2) is 0 Å². The number of carbonyl (C=O) groups is 1. The van der Waals surface area contributed by atoms with Gasteiger partial charge in [0, 0.05) is 23.9 Å². The molecule has 1 saturated carbocycles. The van der Waals surface area contributed by atoms with E-state index in [2.05, 4.69) is 25.7 Å². The minimum absolute atomic E-state index is 0.0675. The van der Waals surface area contributed by atoms with Gasteiger partial charge in [0.1, 0.15) is 5.78 Å². The molecule has 0 aromatic rings. The van der Waals surface area contributed by atoms with E-state index in [-0.39, 0.29) is 5.41 Å². The Hall–Kier alpha value is -0.370. The predicted molar refractivity (Wildman–Crippen MR) is 71.0 cm³/mol. The van der Waals surface area contributed by atoms with Gasteiger partial charge in [0.2, 0.25) is 0 Å². The summed E-state index contributed by atoms with van der Waals surface area (Å²) in [5, 5.41) is 0. The maximum absolute atomic E-state index is 12.4. The molecular formula is C15H27NO. The van der Waals surface area contributed by atoms with Gasteiger partial charge in [-0.25, -0.2) is 0 Å². The molecule has 98 valence electrons. The van der Waals surface area contributed by atoms with Gasteiger partial charge in [0.05, 0.1) is 0 Å². The van der Waals surface area contributed by atoms with Gasteiger partial charge in [-0.15, -0.1) is 0 Å². The van der Waals surface area contributed by atoms with Crippen molar-refractivity contribution in [1.29, 1.82) is 0 Å². The number of hydrogen-bond donors (Lipinski definition) is 0. The van der Waals surface area contributed by atoms with Gasteiger partial charge in [-0.2, -0.15) is 0 Å². The Kier molecular flexibility index (Phi) is 3.92. The first-order valence-electron chi connectivity index (χ1n) is 7.29. The van der Waals surface area contributed by atoms with E-state index in [9.17, 15) is 4.79 Å². The average Bonchev–Trinajstić information content (AvgIpc) is 2.28. The van der Waals surface area contributed by atoms with Gasteiger partial charge in [-0.1, -0.05) is 26.7 Å². The fourth-order valence-electron chi connectivity index (χ4n) is 3.48. The SMILES string of the molecule is CC1CCCCN1CC1CCCC(C)(C)C1=O. The summed E-state index contributed by atoms with van der Waals surface area (Å²) in [6, 6.07) is 0.682. The molecule has 0 aromatic carbocycles. The Labute approximate surface area is 106 Å². The molecule has 1 heterocycles. The van der Waals surface area contributed by atoms with Crippen molar-refractivity contribution in [3.63, 3.8) is 0 Å². The van der Waals surface area contributed by atoms with E-state index in [1.165, 1.54) is 32.2 Å². The third-order valence-corrected chi connectivity index (χ3v) is 4.79. The summed E-state index contributed by atoms with van der Waals surface area (Å²) in [6.45, 7) is 8.79. The van der Waals surface area contributed by atoms with E-state index in [0.29, 0.717) is 17.7 Å². The van der Waals surface area contributed by atoms with Crippen LogP contribution in [0.25, 0.3) is 0 Å². The van der Waals surface area contributed by atoms with E-state index in [4.69, 9.17) is 0 Å². The summed E-state index contributed by atoms with van der Waals surface area (Å²) in [4.78, 5) is 14.9. The number of Topliss-reactive ketones (excluding diaryl/α,β-unsaturated/α-hetero) is 1. The second-order valence-corrected chi connectivity index (χ2v) is 6.68. The number of nitrogens with zero attached hydrogens (tertiary/aromatic N) is 1. The molecular weight excluding hydrogens is 210 g/mol. The minimum Gasteiger partial charge on any atom is -0.300 e. The van der Waals surface area contributed by atoms with Crippen LogP contribution in [0.2, 0.25) is 0 Å². The molecule has 1 aliphatic carbocycles. The van der Waals surface area contributed by atoms with Crippen LogP contribution in [0.3, 0.4) is 0 Å². The molecule has 17 heavy (non-hydrogen) atoms. The Morgan fingerprint density at radius 1 is 1.24 bits per heavy atom. The van der Waals surface area contributed by atoms with E-state index >= 15 is 0 Å². The molecule has 2 unspecified atom stereocenters. The van der Waals surface area contributed by atoms with Gasteiger partial charge in [0.25, 0.3) is 0 Å². The van der Waals surface area contributed by atoms with Crippen LogP contribution >= 0.6 is 0 Å². The molecule has 2 heteroatoms. The van der Waals surface area contributed by atoms with Gasteiger partial charge in [-0.05, 0) is 39.2 Å². The Morgan fingerprint density at radius 3 is 2.71 bits per heavy atom. The average molecular weight is 237 g/mol. The second kappa shape index (κ2) is 5.09. The largest absolute Gasteiger partial charge is 0.300 e. The zero-order valence-corrected chi connectivity index (χ0v) is 11.7. The Bertz CT molecular complexity index is 285. The molecule has 0 radical (unpaired) electrons. The summed E-state index contributed by atoms with van der Waals surface area (Å²) in [6.07, 6.45) is 7.41. The summed E-state index contributed by atoms with van der Waals surface area (Å²) in [5.41, 5.74) is -0.0675. The molecule has 0 amide bonds. The monoisotopic (exact) mass is 237 g/mol. The number of likely N-dealkylation sites (tertiary alicyclic amines) is 1. The first-order chi connectivity index (χ1) is 8.00. The molecule has 2 rings (SSSR count). The van der Waals surface area contributed by atoms with E-state index in [0.717, 1.165) is 19.4 Å². The van der Waals surface area contributed by atoms with E-state index < -0.39 is 0 Å². The van der Waals surface area contributed by atoms with Crippen molar-refractivity contribution < 1.29 is 4.79 Å². The highest BCUT2D eigenvalue weighted by molar-refractivity contribution is 5.87. The first kappa shape index (κ1) is 13.1. The molecule has 2 aliphatic rings. The topological polar surface area (TPSA) is 20.3 Å². The van der Waals surface area contributed by atoms with Crippen LogP contribution in [-0.2, 0) is 4.79 Å². The normalized spacial score (nSPS) is 34.9. The fourth-order valence-corrected chi connectivity index (χ4v) is 3.48. The van der Waals surface area contributed by atoms with Crippen LogP contribution in [0.1, 0.15) is 59.3 Å². The molecule has 2 fully saturated rings. The van der Waals surface area contributed by atoms with E-state index in [1.807, 2.05) is 0 Å². The van der Waals surface area contributed by atoms with Gasteiger partial charge < -0.3 is 0 Å². The highest BCUT2D eigenvalue weighted by Crippen LogP contribution is 2.36. The molecule has 0 aromatic heterocycles. The highest BCUT2D eigenvalue weighted by atomic mass is 16.1. The Morgan fingerprint density at radius 2 is 2.00 bits per heavy atom. The van der Waals surface area contributed by atoms with Crippen molar-refractivity contribution in [2.45, 2.75) is 65.3 Å². The predicted octanol–water partition coefficient (Wildman–Crippen LogP) is 3.26. The molecule has 2 nitrogen and oxygen atoms in total. The summed E-state index contributed by atoms with van der Waals surface area (Å²) >= 11 is 0. The quantitative estimate of drug-likeness (QED) is 0.735. The standard InChI is InChI=1S/C15H27NO/c1-12-7-4-5-10-16(12)11-13-8-6-9-15(2,3)14(13)17/h12-13H,4-11H2,1-3H3. The van der Waals surface area contributed by atoms with Crippen molar-refractivity contribution in [1.82, 2.24) is 4.90 Å². The van der Waals surface area contributed by atoms with Crippen molar-refractivity contribution in [2.75, 3.05) is 13.1 Å². The maximum atomic E-state index is 12.4. The van der Waals surface area contributed by atoms with E-state index in [1.54, 1.807) is 0 Å². The molecule has 1 aliphatic heterocycles. The molecule has 1 saturated heterocycles. The van der Waals surface area contributed by atoms with Crippen LogP contribution < -0.4 is 0 Å². The molecule has 0 bridgehead atoms. The van der Waals surface area contributed by atoms with Gasteiger partial charge in [-0.3, -0.25) is 9.69 Å². The molecule has 2 atom stereocenters. The second-order valence-electron chi connectivity index (χ2n) is 6.68. The number of hydrogen-bond acceptors (Lipinski definition) is 2. The summed E-state index contributed by atoms with van der Waals surface area (Å²) < 4.78 is 0. The number of piperidine rings is 1. The van der Waals surface area contributed by atoms with Crippen molar-refractivity contribution in [2.24, 2.45) is 11.3 Å². The third kappa shape index (κ3) is 2.90. The highest BCUT2D eigenvalue weighted by Gasteiger charge is 2.38. The third-order valence-electron chi connectivity index (χ3n) is 4.79. The molecule has 0 N–H and O–H groups in total. The minimum atomic E-state index is -0.0675. The van der Waals surface area contributed by atoms with Gasteiger partial charge in [0.15, 0.2) is 0 Å². The lowest BCUT2D eigenvalue weighted by Gasteiger charge is -2.39. The first-order valence-corrected chi connectivity index (χ1v) is 7.29. The summed E-state index contributed by atoms with van der Waals surface area (Å²) in [7, 11) is 0. The van der Waals surface area contributed by atoms with Crippen LogP contribution in [0.5, 0.6) is 0 Å². The smallest absolute Gasteiger partial charge is 0.142 e. The van der Waals surface area contributed by atoms with Gasteiger partial charge >= 0.3 is 0 Å². The number of carbonyl (C=O) groups excluding carboxylic acids is 1. The Balaban J connectivity index is 1.95. The van der Waals surface area contributed by atoms with Crippen LogP contribution in [-0.4, -0.2) is 29.8 Å². The van der Waals surface area contributed by atoms with Crippen LogP contribution in [0.4, 0.5) is 0 Å².